The lowest BCUT2D eigenvalue weighted by atomic mass is 10.1. The van der Waals surface area contributed by atoms with Crippen LogP contribution >= 0.6 is 11.3 Å². The van der Waals surface area contributed by atoms with Crippen LogP contribution in [0, 0.1) is 5.95 Å². The summed E-state index contributed by atoms with van der Waals surface area (Å²) in [5.74, 6) is -4.21. The number of ether oxygens (including phenoxy) is 1. The summed E-state index contributed by atoms with van der Waals surface area (Å²) in [6.07, 6.45) is 3.23. The number of carbonyl (C=O) groups is 1. The first-order valence-electron chi connectivity index (χ1n) is 10.6. The Morgan fingerprint density at radius 3 is 2.66 bits per heavy atom. The lowest BCUT2D eigenvalue weighted by molar-refractivity contribution is 0.0127. The molecule has 3 N–H and O–H groups in total. The number of alkyl halides is 2. The van der Waals surface area contributed by atoms with Gasteiger partial charge in [-0.05, 0) is 35.1 Å². The lowest BCUT2D eigenvalue weighted by Gasteiger charge is -2.13. The number of anilines is 1. The molecule has 3 aromatic heterocycles. The number of fused-ring (bicyclic) bond motifs is 1. The average molecular weight is 502 g/mol. The summed E-state index contributed by atoms with van der Waals surface area (Å²) < 4.78 is 45.1. The summed E-state index contributed by atoms with van der Waals surface area (Å²) in [6.45, 7) is 1.11. The Hall–Kier alpha value is -3.57. The topological polar surface area (TPSA) is 103 Å². The Morgan fingerprint density at radius 2 is 1.97 bits per heavy atom. The monoisotopic (exact) mass is 501 g/mol. The van der Waals surface area contributed by atoms with Gasteiger partial charge in [0.1, 0.15) is 5.69 Å². The fourth-order valence-electron chi connectivity index (χ4n) is 3.48. The van der Waals surface area contributed by atoms with E-state index in [0.717, 1.165) is 17.9 Å². The maximum atomic E-state index is 13.6. The third kappa shape index (κ3) is 5.75. The lowest BCUT2D eigenvalue weighted by Crippen LogP contribution is -2.31. The molecule has 0 amide bonds. The highest BCUT2D eigenvalue weighted by atomic mass is 32.1. The van der Waals surface area contributed by atoms with Gasteiger partial charge >= 0.3 is 5.97 Å². The van der Waals surface area contributed by atoms with Gasteiger partial charge < -0.3 is 15.8 Å². The van der Waals surface area contributed by atoms with Gasteiger partial charge in [0.25, 0.3) is 5.92 Å². The minimum absolute atomic E-state index is 0.128. The van der Waals surface area contributed by atoms with Crippen molar-refractivity contribution in [3.05, 3.63) is 71.7 Å². The van der Waals surface area contributed by atoms with Gasteiger partial charge in [-0.25, -0.2) is 14.8 Å². The van der Waals surface area contributed by atoms with Crippen LogP contribution in [0.15, 0.2) is 48.8 Å². The van der Waals surface area contributed by atoms with E-state index in [1.165, 1.54) is 43.0 Å². The molecule has 11 heteroatoms. The van der Waals surface area contributed by atoms with Crippen molar-refractivity contribution >= 4 is 33.2 Å². The van der Waals surface area contributed by atoms with Crippen molar-refractivity contribution in [3.8, 4) is 10.4 Å². The van der Waals surface area contributed by atoms with Gasteiger partial charge in [0.2, 0.25) is 5.95 Å². The molecule has 35 heavy (non-hydrogen) atoms. The summed E-state index contributed by atoms with van der Waals surface area (Å²) in [5.41, 5.74) is 7.43. The van der Waals surface area contributed by atoms with E-state index in [-0.39, 0.29) is 17.4 Å². The van der Waals surface area contributed by atoms with Crippen LogP contribution in [0.5, 0.6) is 0 Å². The Bertz CT molecular complexity index is 1360. The van der Waals surface area contributed by atoms with Crippen molar-refractivity contribution in [2.24, 2.45) is 5.73 Å². The van der Waals surface area contributed by atoms with E-state index in [1.807, 2.05) is 0 Å². The van der Waals surface area contributed by atoms with Crippen molar-refractivity contribution in [1.29, 1.82) is 0 Å². The second-order valence-corrected chi connectivity index (χ2v) is 9.04. The summed E-state index contributed by atoms with van der Waals surface area (Å²) in [6, 6.07) is 9.16. The SMILES string of the molecule is COC(=O)c1nc(NCC(N)Cc2ccc(C(C)(F)F)nc2)sc1-c1ccc2cnc(F)cc2c1. The van der Waals surface area contributed by atoms with Gasteiger partial charge in [-0.1, -0.05) is 29.5 Å². The number of thiazole rings is 1. The zero-order valence-corrected chi connectivity index (χ0v) is 19.7. The highest BCUT2D eigenvalue weighted by molar-refractivity contribution is 7.19. The molecule has 0 saturated carbocycles. The minimum Gasteiger partial charge on any atom is -0.464 e. The predicted octanol–water partition coefficient (Wildman–Crippen LogP) is 4.77. The highest BCUT2D eigenvalue weighted by Crippen LogP contribution is 2.35. The molecule has 0 bridgehead atoms. The second-order valence-electron chi connectivity index (χ2n) is 8.04. The first kappa shape index (κ1) is 24.6. The van der Waals surface area contributed by atoms with Gasteiger partial charge in [0.15, 0.2) is 10.8 Å². The Labute approximate surface area is 203 Å². The molecule has 182 valence electrons. The van der Waals surface area contributed by atoms with E-state index >= 15 is 0 Å². The Kier molecular flexibility index (Phi) is 6.99. The number of benzene rings is 1. The molecule has 0 fully saturated rings. The van der Waals surface area contributed by atoms with Gasteiger partial charge in [-0.2, -0.15) is 13.2 Å². The van der Waals surface area contributed by atoms with E-state index in [2.05, 4.69) is 20.3 Å². The number of methoxy groups -OCH3 is 1. The third-order valence-electron chi connectivity index (χ3n) is 5.24. The third-order valence-corrected chi connectivity index (χ3v) is 6.31. The normalized spacial score (nSPS) is 12.5. The standard InChI is InChI=1S/C24H22F3N5O2S/c1-24(26,27)18-6-3-13(10-29-18)7-17(28)12-31-23-32-20(22(33)34-2)21(35-23)14-4-5-15-11-30-19(25)9-16(15)8-14/h3-6,8-11,17H,7,12,28H2,1-2H3,(H,31,32). The molecule has 0 radical (unpaired) electrons. The van der Waals surface area contributed by atoms with Crippen LogP contribution < -0.4 is 11.1 Å². The van der Waals surface area contributed by atoms with Gasteiger partial charge in [-0.3, -0.25) is 4.98 Å². The fourth-order valence-corrected chi connectivity index (χ4v) is 4.44. The molecular weight excluding hydrogens is 479 g/mol. The zero-order chi connectivity index (χ0) is 25.2. The smallest absolute Gasteiger partial charge is 0.358 e. The molecular formula is C24H22F3N5O2S. The maximum Gasteiger partial charge on any atom is 0.358 e. The minimum atomic E-state index is -3.00. The molecule has 0 aliphatic rings. The first-order valence-corrected chi connectivity index (χ1v) is 11.4. The van der Waals surface area contributed by atoms with Gasteiger partial charge in [0.05, 0.1) is 12.0 Å². The van der Waals surface area contributed by atoms with E-state index in [9.17, 15) is 18.0 Å². The molecule has 1 unspecified atom stereocenters. The molecule has 3 heterocycles. The number of halogens is 3. The maximum absolute atomic E-state index is 13.6. The van der Waals surface area contributed by atoms with Crippen molar-refractivity contribution in [2.45, 2.75) is 25.3 Å². The number of carbonyl (C=O) groups excluding carboxylic acids is 1. The van der Waals surface area contributed by atoms with Crippen LogP contribution in [-0.4, -0.2) is 40.6 Å². The molecule has 0 aliphatic carbocycles. The van der Waals surface area contributed by atoms with Crippen LogP contribution in [0.2, 0.25) is 0 Å². The Morgan fingerprint density at radius 1 is 1.17 bits per heavy atom. The van der Waals surface area contributed by atoms with Gasteiger partial charge in [-0.15, -0.1) is 0 Å². The molecule has 1 aromatic carbocycles. The summed E-state index contributed by atoms with van der Waals surface area (Å²) in [7, 11) is 1.27. The number of pyridine rings is 2. The quantitative estimate of drug-likeness (QED) is 0.265. The second kappa shape index (κ2) is 9.96. The zero-order valence-electron chi connectivity index (χ0n) is 18.9. The molecule has 1 atom stereocenters. The number of rotatable bonds is 8. The average Bonchev–Trinajstić information content (AvgIpc) is 3.26. The molecule has 0 spiro atoms. The first-order chi connectivity index (χ1) is 16.6. The van der Waals surface area contributed by atoms with Crippen molar-refractivity contribution in [3.63, 3.8) is 0 Å². The van der Waals surface area contributed by atoms with Crippen molar-refractivity contribution in [1.82, 2.24) is 15.0 Å². The molecule has 7 nitrogen and oxygen atoms in total. The van der Waals surface area contributed by atoms with Crippen LogP contribution in [-0.2, 0) is 17.1 Å². The van der Waals surface area contributed by atoms with E-state index in [4.69, 9.17) is 10.5 Å². The number of aromatic nitrogens is 3. The molecule has 0 aliphatic heterocycles. The van der Waals surface area contributed by atoms with Crippen LogP contribution in [0.4, 0.5) is 18.3 Å². The molecule has 4 rings (SSSR count). The van der Waals surface area contributed by atoms with E-state index in [1.54, 1.807) is 24.3 Å². The summed E-state index contributed by atoms with van der Waals surface area (Å²) >= 11 is 1.24. The largest absolute Gasteiger partial charge is 0.464 e. The van der Waals surface area contributed by atoms with Crippen LogP contribution in [0.1, 0.15) is 28.7 Å². The number of hydrogen-bond donors (Lipinski definition) is 2. The van der Waals surface area contributed by atoms with Crippen LogP contribution in [0.3, 0.4) is 0 Å². The van der Waals surface area contributed by atoms with Crippen molar-refractivity contribution < 1.29 is 22.7 Å². The van der Waals surface area contributed by atoms with Crippen LogP contribution in [0.25, 0.3) is 21.2 Å². The Balaban J connectivity index is 1.50. The van der Waals surface area contributed by atoms with Gasteiger partial charge in [0, 0.05) is 43.4 Å². The highest BCUT2D eigenvalue weighted by Gasteiger charge is 2.26. The number of esters is 1. The number of nitrogens with zero attached hydrogens (tertiary/aromatic N) is 3. The molecule has 4 aromatic rings. The summed E-state index contributed by atoms with van der Waals surface area (Å²) in [5, 5.41) is 4.97. The number of hydrogen-bond acceptors (Lipinski definition) is 8. The number of nitrogens with two attached hydrogens (primary N) is 1. The fraction of sp³-hybridized carbons (Fsp3) is 0.250. The van der Waals surface area contributed by atoms with E-state index < -0.39 is 17.8 Å². The number of nitrogens with one attached hydrogen (secondary N) is 1. The predicted molar refractivity (Wildman–Crippen MR) is 128 cm³/mol. The molecule has 0 saturated heterocycles. The summed E-state index contributed by atoms with van der Waals surface area (Å²) in [4.78, 5) is 24.7. The van der Waals surface area contributed by atoms with Crippen molar-refractivity contribution in [2.75, 3.05) is 19.0 Å². The van der Waals surface area contributed by atoms with E-state index in [0.29, 0.717) is 33.9 Å².